The van der Waals surface area contributed by atoms with Crippen LogP contribution in [0.3, 0.4) is 0 Å². The van der Waals surface area contributed by atoms with E-state index in [0.717, 1.165) is 17.1 Å². The van der Waals surface area contributed by atoms with Crippen LogP contribution in [0.1, 0.15) is 47.2 Å². The van der Waals surface area contributed by atoms with Gasteiger partial charge in [0.05, 0.1) is 11.4 Å². The highest BCUT2D eigenvalue weighted by molar-refractivity contribution is 6.04. The molecule has 2 aromatic rings. The number of carbonyl (C=O) groups is 1. The summed E-state index contributed by atoms with van der Waals surface area (Å²) in [7, 11) is 0. The largest absolute Gasteiger partial charge is 0.326 e. The van der Waals surface area contributed by atoms with Crippen molar-refractivity contribution in [2.45, 2.75) is 33.6 Å². The van der Waals surface area contributed by atoms with E-state index in [1.54, 1.807) is 6.07 Å². The summed E-state index contributed by atoms with van der Waals surface area (Å²) in [4.78, 5) is 31.0. The van der Waals surface area contributed by atoms with Crippen LogP contribution in [0, 0.1) is 13.8 Å². The quantitative estimate of drug-likeness (QED) is 0.910. The summed E-state index contributed by atoms with van der Waals surface area (Å²) in [6.45, 7) is 7.65. The Balaban J connectivity index is 2.30. The van der Waals surface area contributed by atoms with Crippen molar-refractivity contribution in [3.05, 3.63) is 57.3 Å². The van der Waals surface area contributed by atoms with E-state index in [9.17, 15) is 9.59 Å². The SMILES string of the molecule is Cc1ccc(NC(=O)c2cc(C(C)C)[nH]c(=O)c2)c(C)n1. The predicted octanol–water partition coefficient (Wildman–Crippen LogP) is 2.76. The van der Waals surface area contributed by atoms with E-state index >= 15 is 0 Å². The van der Waals surface area contributed by atoms with Gasteiger partial charge >= 0.3 is 0 Å². The van der Waals surface area contributed by atoms with E-state index in [-0.39, 0.29) is 17.4 Å². The Kier molecular flexibility index (Phi) is 4.21. The zero-order chi connectivity index (χ0) is 15.6. The molecule has 1 amide bonds. The van der Waals surface area contributed by atoms with Gasteiger partial charge in [-0.2, -0.15) is 0 Å². The van der Waals surface area contributed by atoms with Gasteiger partial charge in [-0.05, 0) is 38.0 Å². The first-order valence-corrected chi connectivity index (χ1v) is 6.86. The summed E-state index contributed by atoms with van der Waals surface area (Å²) < 4.78 is 0. The van der Waals surface area contributed by atoms with E-state index in [1.807, 2.05) is 39.8 Å². The van der Waals surface area contributed by atoms with E-state index in [1.165, 1.54) is 6.07 Å². The normalized spacial score (nSPS) is 10.7. The Labute approximate surface area is 123 Å². The van der Waals surface area contributed by atoms with Crippen LogP contribution in [0.2, 0.25) is 0 Å². The maximum atomic E-state index is 12.3. The Hall–Kier alpha value is -2.43. The smallest absolute Gasteiger partial charge is 0.255 e. The van der Waals surface area contributed by atoms with Crippen LogP contribution in [0.4, 0.5) is 5.69 Å². The molecule has 0 aliphatic heterocycles. The first kappa shape index (κ1) is 15.0. The molecule has 0 fully saturated rings. The van der Waals surface area contributed by atoms with Crippen LogP contribution in [0.5, 0.6) is 0 Å². The Bertz CT molecular complexity index is 733. The van der Waals surface area contributed by atoms with Crippen molar-refractivity contribution in [1.82, 2.24) is 9.97 Å². The zero-order valence-corrected chi connectivity index (χ0v) is 12.7. The van der Waals surface area contributed by atoms with Crippen LogP contribution >= 0.6 is 0 Å². The van der Waals surface area contributed by atoms with E-state index < -0.39 is 0 Å². The number of nitrogens with one attached hydrogen (secondary N) is 2. The van der Waals surface area contributed by atoms with Crippen molar-refractivity contribution in [3.63, 3.8) is 0 Å². The lowest BCUT2D eigenvalue weighted by Crippen LogP contribution is -2.18. The second-order valence-electron chi connectivity index (χ2n) is 5.38. The number of nitrogens with zero attached hydrogens (tertiary/aromatic N) is 1. The van der Waals surface area contributed by atoms with Gasteiger partial charge in [-0.3, -0.25) is 14.6 Å². The molecule has 0 saturated carbocycles. The molecule has 2 aromatic heterocycles. The van der Waals surface area contributed by atoms with Gasteiger partial charge in [-0.15, -0.1) is 0 Å². The molecule has 5 heteroatoms. The van der Waals surface area contributed by atoms with Crippen LogP contribution in [-0.2, 0) is 0 Å². The van der Waals surface area contributed by atoms with Crippen molar-refractivity contribution >= 4 is 11.6 Å². The molecule has 2 heterocycles. The van der Waals surface area contributed by atoms with Crippen molar-refractivity contribution < 1.29 is 4.79 Å². The molecule has 0 spiro atoms. The first-order valence-electron chi connectivity index (χ1n) is 6.86. The van der Waals surface area contributed by atoms with Crippen molar-refractivity contribution in [2.75, 3.05) is 5.32 Å². The number of amides is 1. The molecule has 0 saturated heterocycles. The van der Waals surface area contributed by atoms with Gasteiger partial charge in [0.1, 0.15) is 0 Å². The highest BCUT2D eigenvalue weighted by Crippen LogP contribution is 2.15. The topological polar surface area (TPSA) is 74.8 Å². The molecule has 21 heavy (non-hydrogen) atoms. The van der Waals surface area contributed by atoms with Gasteiger partial charge in [0.25, 0.3) is 5.91 Å². The number of hydrogen-bond donors (Lipinski definition) is 2. The summed E-state index contributed by atoms with van der Waals surface area (Å²) in [5.41, 5.74) is 3.11. The third-order valence-corrected chi connectivity index (χ3v) is 3.22. The van der Waals surface area contributed by atoms with Gasteiger partial charge in [-0.1, -0.05) is 13.8 Å². The molecule has 0 unspecified atom stereocenters. The summed E-state index contributed by atoms with van der Waals surface area (Å²) in [6, 6.07) is 6.66. The summed E-state index contributed by atoms with van der Waals surface area (Å²) in [6.07, 6.45) is 0. The van der Waals surface area contributed by atoms with Gasteiger partial charge < -0.3 is 10.3 Å². The minimum absolute atomic E-state index is 0.147. The molecule has 2 N–H and O–H groups in total. The molecule has 0 aliphatic carbocycles. The van der Waals surface area contributed by atoms with Gasteiger partial charge in [-0.25, -0.2) is 0 Å². The molecule has 0 aromatic carbocycles. The number of carbonyl (C=O) groups excluding carboxylic acids is 1. The summed E-state index contributed by atoms with van der Waals surface area (Å²) >= 11 is 0. The maximum Gasteiger partial charge on any atom is 0.255 e. The standard InChI is InChI=1S/C16H19N3O2/c1-9(2)14-7-12(8-15(20)18-14)16(21)19-13-6-5-10(3)17-11(13)4/h5-9H,1-4H3,(H,18,20)(H,19,21). The second kappa shape index (κ2) is 5.91. The highest BCUT2D eigenvalue weighted by Gasteiger charge is 2.11. The Morgan fingerprint density at radius 3 is 2.57 bits per heavy atom. The number of aromatic amines is 1. The number of pyridine rings is 2. The van der Waals surface area contributed by atoms with Crippen LogP contribution in [-0.4, -0.2) is 15.9 Å². The monoisotopic (exact) mass is 285 g/mol. The molecule has 0 bridgehead atoms. The number of aryl methyl sites for hydroxylation is 2. The second-order valence-corrected chi connectivity index (χ2v) is 5.38. The molecule has 110 valence electrons. The molecule has 0 aliphatic rings. The van der Waals surface area contributed by atoms with Gasteiger partial charge in [0.2, 0.25) is 5.56 Å². The number of rotatable bonds is 3. The molecular formula is C16H19N3O2. The fourth-order valence-corrected chi connectivity index (χ4v) is 2.02. The zero-order valence-electron chi connectivity index (χ0n) is 12.7. The van der Waals surface area contributed by atoms with Crippen molar-refractivity contribution in [2.24, 2.45) is 0 Å². The van der Waals surface area contributed by atoms with Crippen LogP contribution in [0.15, 0.2) is 29.1 Å². The van der Waals surface area contributed by atoms with E-state index in [2.05, 4.69) is 15.3 Å². The number of anilines is 1. The van der Waals surface area contributed by atoms with Crippen LogP contribution in [0.25, 0.3) is 0 Å². The number of hydrogen-bond acceptors (Lipinski definition) is 3. The third kappa shape index (κ3) is 3.56. The predicted molar refractivity (Wildman–Crippen MR) is 82.8 cm³/mol. The molecule has 2 rings (SSSR count). The minimum atomic E-state index is -0.309. The van der Waals surface area contributed by atoms with Gasteiger partial charge in [0.15, 0.2) is 0 Å². The summed E-state index contributed by atoms with van der Waals surface area (Å²) in [5, 5.41) is 2.79. The van der Waals surface area contributed by atoms with Crippen molar-refractivity contribution in [1.29, 1.82) is 0 Å². The average molecular weight is 285 g/mol. The van der Waals surface area contributed by atoms with Crippen LogP contribution < -0.4 is 10.9 Å². The lowest BCUT2D eigenvalue weighted by Gasteiger charge is -2.10. The number of aromatic nitrogens is 2. The lowest BCUT2D eigenvalue weighted by molar-refractivity contribution is 0.102. The highest BCUT2D eigenvalue weighted by atomic mass is 16.2. The molecule has 5 nitrogen and oxygen atoms in total. The fraction of sp³-hybridized carbons (Fsp3) is 0.312. The number of H-pyrrole nitrogens is 1. The van der Waals surface area contributed by atoms with E-state index in [4.69, 9.17) is 0 Å². The third-order valence-electron chi connectivity index (χ3n) is 3.22. The average Bonchev–Trinajstić information content (AvgIpc) is 2.41. The van der Waals surface area contributed by atoms with Gasteiger partial charge in [0, 0.05) is 23.0 Å². The first-order chi connectivity index (χ1) is 9.86. The molecule has 0 radical (unpaired) electrons. The Morgan fingerprint density at radius 2 is 1.95 bits per heavy atom. The summed E-state index contributed by atoms with van der Waals surface area (Å²) in [5.74, 6) is -0.162. The Morgan fingerprint density at radius 1 is 1.24 bits per heavy atom. The fourth-order valence-electron chi connectivity index (χ4n) is 2.02. The van der Waals surface area contributed by atoms with E-state index in [0.29, 0.717) is 11.3 Å². The molecular weight excluding hydrogens is 266 g/mol. The maximum absolute atomic E-state index is 12.3. The minimum Gasteiger partial charge on any atom is -0.326 e. The molecule has 0 atom stereocenters. The lowest BCUT2D eigenvalue weighted by atomic mass is 10.1. The van der Waals surface area contributed by atoms with Crippen molar-refractivity contribution in [3.8, 4) is 0 Å².